The van der Waals surface area contributed by atoms with Crippen molar-refractivity contribution in [3.63, 3.8) is 0 Å². The number of rotatable bonds is 5. The van der Waals surface area contributed by atoms with Gasteiger partial charge in [0.15, 0.2) is 0 Å². The summed E-state index contributed by atoms with van der Waals surface area (Å²) in [7, 11) is -3.27. The topological polar surface area (TPSA) is 88.3 Å². The second-order valence-corrected chi connectivity index (χ2v) is 8.53. The van der Waals surface area contributed by atoms with Crippen molar-refractivity contribution < 1.29 is 13.5 Å². The van der Waals surface area contributed by atoms with Crippen LogP contribution in [0.4, 0.5) is 0 Å². The number of sulfonamides is 1. The fraction of sp³-hybridized carbons (Fsp3) is 0.846. The van der Waals surface area contributed by atoms with E-state index < -0.39 is 15.6 Å². The van der Waals surface area contributed by atoms with E-state index in [1.54, 1.807) is 10.9 Å². The molecule has 1 aliphatic carbocycles. The third-order valence-electron chi connectivity index (χ3n) is 4.27. The zero-order chi connectivity index (χ0) is 15.3. The van der Waals surface area contributed by atoms with Crippen LogP contribution in [0, 0.1) is 5.92 Å². The van der Waals surface area contributed by atoms with Gasteiger partial charge in [-0.25, -0.2) is 13.1 Å². The second-order valence-electron chi connectivity index (χ2n) is 6.51. The van der Waals surface area contributed by atoms with Crippen LogP contribution in [-0.4, -0.2) is 51.7 Å². The molecular weight excluding hydrogens is 292 g/mol. The van der Waals surface area contributed by atoms with Crippen molar-refractivity contribution in [1.82, 2.24) is 19.3 Å². The molecule has 8 heteroatoms. The maximum Gasteiger partial charge on any atom is 0.214 e. The van der Waals surface area contributed by atoms with E-state index in [4.69, 9.17) is 0 Å². The molecule has 1 N–H and O–H groups in total. The van der Waals surface area contributed by atoms with Gasteiger partial charge < -0.3 is 5.11 Å². The van der Waals surface area contributed by atoms with E-state index in [2.05, 4.69) is 10.3 Å². The molecule has 1 atom stereocenters. The van der Waals surface area contributed by atoms with Gasteiger partial charge in [0.2, 0.25) is 10.0 Å². The Morgan fingerprint density at radius 1 is 1.48 bits per heavy atom. The summed E-state index contributed by atoms with van der Waals surface area (Å²) in [6.45, 7) is 4.38. The highest BCUT2D eigenvalue weighted by atomic mass is 32.2. The summed E-state index contributed by atoms with van der Waals surface area (Å²) >= 11 is 0. The average Bonchev–Trinajstić information content (AvgIpc) is 2.94. The van der Waals surface area contributed by atoms with Crippen LogP contribution in [0.5, 0.6) is 0 Å². The van der Waals surface area contributed by atoms with Crippen LogP contribution in [0.15, 0.2) is 6.20 Å². The summed E-state index contributed by atoms with van der Waals surface area (Å²) in [6, 6.07) is 0.158. The fourth-order valence-corrected chi connectivity index (χ4v) is 4.56. The highest BCUT2D eigenvalue weighted by Crippen LogP contribution is 2.35. The van der Waals surface area contributed by atoms with E-state index in [0.717, 1.165) is 12.8 Å². The molecule has 1 aromatic heterocycles. The SMILES string of the molecule is CC(C)n1cc([C@]2(O)CCN(S(=O)(=O)CC3CC3)C2)nn1. The smallest absolute Gasteiger partial charge is 0.214 e. The molecule has 0 radical (unpaired) electrons. The lowest BCUT2D eigenvalue weighted by Crippen LogP contribution is -2.36. The first-order chi connectivity index (χ1) is 9.80. The molecule has 0 amide bonds. The van der Waals surface area contributed by atoms with Crippen molar-refractivity contribution in [3.8, 4) is 0 Å². The first kappa shape index (κ1) is 14.9. The van der Waals surface area contributed by atoms with E-state index in [0.29, 0.717) is 24.6 Å². The van der Waals surface area contributed by atoms with Gasteiger partial charge in [0.1, 0.15) is 11.3 Å². The summed E-state index contributed by atoms with van der Waals surface area (Å²) in [6.07, 6.45) is 4.08. The molecule has 0 unspecified atom stereocenters. The highest BCUT2D eigenvalue weighted by Gasteiger charge is 2.45. The predicted octanol–water partition coefficient (Wildman–Crippen LogP) is 0.492. The van der Waals surface area contributed by atoms with Crippen molar-refractivity contribution in [1.29, 1.82) is 0 Å². The second kappa shape index (κ2) is 5.03. The van der Waals surface area contributed by atoms with E-state index in [1.165, 1.54) is 4.31 Å². The van der Waals surface area contributed by atoms with E-state index in [9.17, 15) is 13.5 Å². The molecule has 1 aromatic rings. The van der Waals surface area contributed by atoms with E-state index >= 15 is 0 Å². The highest BCUT2D eigenvalue weighted by molar-refractivity contribution is 7.89. The summed E-state index contributed by atoms with van der Waals surface area (Å²) < 4.78 is 27.7. The number of hydrogen-bond donors (Lipinski definition) is 1. The summed E-state index contributed by atoms with van der Waals surface area (Å²) in [5, 5.41) is 18.7. The Hall–Kier alpha value is -0.990. The largest absolute Gasteiger partial charge is 0.382 e. The third kappa shape index (κ3) is 2.97. The number of nitrogens with zero attached hydrogens (tertiary/aromatic N) is 4. The number of hydrogen-bond acceptors (Lipinski definition) is 5. The lowest BCUT2D eigenvalue weighted by atomic mass is 10.00. The summed E-state index contributed by atoms with van der Waals surface area (Å²) in [5.74, 6) is 0.521. The molecule has 118 valence electrons. The summed E-state index contributed by atoms with van der Waals surface area (Å²) in [4.78, 5) is 0. The molecule has 7 nitrogen and oxygen atoms in total. The standard InChI is InChI=1S/C13H22N4O3S/c1-10(2)17-7-12(14-15-17)13(18)5-6-16(9-13)21(19,20)8-11-3-4-11/h7,10-11,18H,3-6,8-9H2,1-2H3/t13-/m0/s1. The Morgan fingerprint density at radius 3 is 2.76 bits per heavy atom. The van der Waals surface area contributed by atoms with Crippen LogP contribution in [0.25, 0.3) is 0 Å². The van der Waals surface area contributed by atoms with Gasteiger partial charge in [0, 0.05) is 19.1 Å². The number of β-amino-alcohol motifs (C(OH)–C–C–N with tert-alkyl or cyclic N) is 1. The minimum absolute atomic E-state index is 0.0822. The van der Waals surface area contributed by atoms with Crippen LogP contribution in [0.2, 0.25) is 0 Å². The Kier molecular flexibility index (Phi) is 3.58. The Bertz CT molecular complexity index is 623. The molecule has 2 heterocycles. The fourth-order valence-electron chi connectivity index (χ4n) is 2.64. The van der Waals surface area contributed by atoms with Gasteiger partial charge in [0.25, 0.3) is 0 Å². The van der Waals surface area contributed by atoms with E-state index in [-0.39, 0.29) is 18.3 Å². The first-order valence-corrected chi connectivity index (χ1v) is 9.04. The lowest BCUT2D eigenvalue weighted by molar-refractivity contribution is 0.0484. The normalized spacial score (nSPS) is 27.6. The van der Waals surface area contributed by atoms with E-state index in [1.807, 2.05) is 13.8 Å². The van der Waals surface area contributed by atoms with Crippen LogP contribution >= 0.6 is 0 Å². The maximum absolute atomic E-state index is 12.3. The average molecular weight is 314 g/mol. The van der Waals surface area contributed by atoms with Crippen molar-refractivity contribution in [2.45, 2.75) is 44.8 Å². The molecule has 0 spiro atoms. The van der Waals surface area contributed by atoms with Gasteiger partial charge in [-0.15, -0.1) is 5.10 Å². The van der Waals surface area contributed by atoms with Gasteiger partial charge in [-0.1, -0.05) is 5.21 Å². The molecule has 0 aromatic carbocycles. The number of aliphatic hydroxyl groups is 1. The van der Waals surface area contributed by atoms with Gasteiger partial charge in [-0.3, -0.25) is 0 Å². The molecular formula is C13H22N4O3S. The molecule has 21 heavy (non-hydrogen) atoms. The van der Waals surface area contributed by atoms with Crippen LogP contribution in [-0.2, 0) is 15.6 Å². The van der Waals surface area contributed by atoms with Crippen molar-refractivity contribution in [2.24, 2.45) is 5.92 Å². The zero-order valence-electron chi connectivity index (χ0n) is 12.4. The Balaban J connectivity index is 1.74. The van der Waals surface area contributed by atoms with Gasteiger partial charge in [-0.2, -0.15) is 4.31 Å². The minimum Gasteiger partial charge on any atom is -0.382 e. The zero-order valence-corrected chi connectivity index (χ0v) is 13.3. The number of aromatic nitrogens is 3. The van der Waals surface area contributed by atoms with Crippen molar-refractivity contribution in [2.75, 3.05) is 18.8 Å². The monoisotopic (exact) mass is 314 g/mol. The molecule has 1 saturated carbocycles. The Labute approximate surface area is 125 Å². The van der Waals surface area contributed by atoms with Crippen LogP contribution < -0.4 is 0 Å². The molecule has 0 bridgehead atoms. The first-order valence-electron chi connectivity index (χ1n) is 7.43. The Morgan fingerprint density at radius 2 is 2.19 bits per heavy atom. The molecule has 2 fully saturated rings. The maximum atomic E-state index is 12.3. The van der Waals surface area contributed by atoms with Gasteiger partial charge >= 0.3 is 0 Å². The minimum atomic E-state index is -3.27. The molecule has 1 saturated heterocycles. The third-order valence-corrected chi connectivity index (χ3v) is 6.26. The molecule has 1 aliphatic heterocycles. The van der Waals surface area contributed by atoms with Gasteiger partial charge in [0.05, 0.1) is 11.9 Å². The summed E-state index contributed by atoms with van der Waals surface area (Å²) in [5.41, 5.74) is -0.760. The molecule has 2 aliphatic rings. The van der Waals surface area contributed by atoms with Crippen LogP contribution in [0.3, 0.4) is 0 Å². The van der Waals surface area contributed by atoms with Crippen molar-refractivity contribution in [3.05, 3.63) is 11.9 Å². The van der Waals surface area contributed by atoms with Crippen molar-refractivity contribution >= 4 is 10.0 Å². The van der Waals surface area contributed by atoms with Crippen LogP contribution in [0.1, 0.15) is 44.8 Å². The predicted molar refractivity (Wildman–Crippen MR) is 77.0 cm³/mol. The quantitative estimate of drug-likeness (QED) is 0.854. The molecule has 3 rings (SSSR count). The van der Waals surface area contributed by atoms with Gasteiger partial charge in [-0.05, 0) is 39.0 Å². The lowest BCUT2D eigenvalue weighted by Gasteiger charge is -2.21.